The van der Waals surface area contributed by atoms with Crippen LogP contribution in [0.25, 0.3) is 22.2 Å². The number of nitrogen functional groups attached to an aromatic ring is 1. The van der Waals surface area contributed by atoms with Gasteiger partial charge >= 0.3 is 0 Å². The summed E-state index contributed by atoms with van der Waals surface area (Å²) in [6.45, 7) is 0.706. The number of hydrogen-bond donors (Lipinski definition) is 3. The van der Waals surface area contributed by atoms with E-state index >= 15 is 0 Å². The molecule has 0 spiro atoms. The summed E-state index contributed by atoms with van der Waals surface area (Å²) in [7, 11) is 0. The first kappa shape index (κ1) is 14.3. The van der Waals surface area contributed by atoms with Crippen LogP contribution in [0.2, 0.25) is 0 Å². The minimum absolute atomic E-state index is 0.464. The van der Waals surface area contributed by atoms with Crippen LogP contribution in [0, 0.1) is 0 Å². The van der Waals surface area contributed by atoms with Crippen LogP contribution in [-0.4, -0.2) is 15.2 Å². The Morgan fingerprint density at radius 3 is 2.42 bits per heavy atom. The van der Waals surface area contributed by atoms with Gasteiger partial charge in [0.05, 0.1) is 5.39 Å². The van der Waals surface area contributed by atoms with Crippen molar-refractivity contribution >= 4 is 22.7 Å². The van der Waals surface area contributed by atoms with Crippen LogP contribution in [0.4, 0.5) is 11.6 Å². The third kappa shape index (κ3) is 2.67. The van der Waals surface area contributed by atoms with E-state index in [1.807, 2.05) is 42.5 Å². The van der Waals surface area contributed by atoms with E-state index in [1.165, 1.54) is 5.56 Å². The first-order valence-electron chi connectivity index (χ1n) is 7.79. The molecule has 0 radical (unpaired) electrons. The highest BCUT2D eigenvalue weighted by Crippen LogP contribution is 2.32. The molecule has 0 atom stereocenters. The number of pyridine rings is 1. The van der Waals surface area contributed by atoms with Crippen LogP contribution in [0.15, 0.2) is 66.7 Å². The monoisotopic (exact) mass is 315 g/mol. The van der Waals surface area contributed by atoms with Crippen molar-refractivity contribution in [3.05, 3.63) is 72.3 Å². The van der Waals surface area contributed by atoms with Crippen LogP contribution in [-0.2, 0) is 6.54 Å². The lowest BCUT2D eigenvalue weighted by Crippen LogP contribution is -2.02. The zero-order valence-electron chi connectivity index (χ0n) is 13.0. The molecule has 24 heavy (non-hydrogen) atoms. The Morgan fingerprint density at radius 2 is 1.67 bits per heavy atom. The number of H-pyrrole nitrogens is 1. The predicted molar refractivity (Wildman–Crippen MR) is 97.5 cm³/mol. The molecule has 0 bridgehead atoms. The number of hydrogen-bond acceptors (Lipinski definition) is 4. The number of nitrogens with zero attached hydrogens (tertiary/aromatic N) is 2. The molecule has 4 aromatic rings. The van der Waals surface area contributed by atoms with E-state index in [0.29, 0.717) is 18.0 Å². The van der Waals surface area contributed by atoms with Gasteiger partial charge in [0.1, 0.15) is 5.82 Å². The van der Waals surface area contributed by atoms with Gasteiger partial charge in [-0.05, 0) is 17.2 Å². The van der Waals surface area contributed by atoms with Crippen molar-refractivity contribution in [2.45, 2.75) is 6.54 Å². The lowest BCUT2D eigenvalue weighted by Gasteiger charge is -2.10. The third-order valence-electron chi connectivity index (χ3n) is 3.96. The Kier molecular flexibility index (Phi) is 3.59. The van der Waals surface area contributed by atoms with E-state index in [9.17, 15) is 0 Å². The topological polar surface area (TPSA) is 79.6 Å². The summed E-state index contributed by atoms with van der Waals surface area (Å²) in [6.07, 6.45) is 0. The minimum Gasteiger partial charge on any atom is -0.382 e. The van der Waals surface area contributed by atoms with Gasteiger partial charge in [-0.15, -0.1) is 0 Å². The fraction of sp³-hybridized carbons (Fsp3) is 0.0526. The summed E-state index contributed by atoms with van der Waals surface area (Å²) in [6, 6.07) is 22.4. The van der Waals surface area contributed by atoms with Crippen molar-refractivity contribution in [1.82, 2.24) is 15.2 Å². The largest absolute Gasteiger partial charge is 0.382 e. The van der Waals surface area contributed by atoms with E-state index in [-0.39, 0.29) is 0 Å². The van der Waals surface area contributed by atoms with Gasteiger partial charge in [0.15, 0.2) is 11.5 Å². The Hall–Kier alpha value is -3.34. The van der Waals surface area contributed by atoms with Crippen LogP contribution < -0.4 is 11.1 Å². The molecule has 0 saturated heterocycles. The Morgan fingerprint density at radius 1 is 0.958 bits per heavy atom. The Bertz CT molecular complexity index is 961. The number of aromatic nitrogens is 3. The normalized spacial score (nSPS) is 10.8. The van der Waals surface area contributed by atoms with Crippen LogP contribution in [0.5, 0.6) is 0 Å². The molecule has 0 saturated carbocycles. The lowest BCUT2D eigenvalue weighted by molar-refractivity contribution is 1.09. The zero-order chi connectivity index (χ0) is 16.4. The molecule has 0 aliphatic rings. The number of benzene rings is 2. The average Bonchev–Trinajstić information content (AvgIpc) is 3.02. The Labute approximate surface area is 139 Å². The molecular formula is C19H17N5. The first-order valence-corrected chi connectivity index (χ1v) is 7.79. The average molecular weight is 315 g/mol. The molecular weight excluding hydrogens is 298 g/mol. The maximum atomic E-state index is 6.03. The highest BCUT2D eigenvalue weighted by molar-refractivity contribution is 6.00. The second kappa shape index (κ2) is 6.04. The van der Waals surface area contributed by atoms with Gasteiger partial charge in [-0.1, -0.05) is 60.7 Å². The van der Waals surface area contributed by atoms with Gasteiger partial charge in [-0.3, -0.25) is 5.10 Å². The number of nitrogens with one attached hydrogen (secondary N) is 2. The highest BCUT2D eigenvalue weighted by atomic mass is 15.2. The van der Waals surface area contributed by atoms with Crippen LogP contribution in [0.1, 0.15) is 5.56 Å². The van der Waals surface area contributed by atoms with Gasteiger partial charge in [0.2, 0.25) is 0 Å². The SMILES string of the molecule is Nc1n[nH]c2nc(NCc3ccccc3)cc(-c3ccccc3)c12. The summed E-state index contributed by atoms with van der Waals surface area (Å²) in [5.41, 5.74) is 10.0. The van der Waals surface area contributed by atoms with Gasteiger partial charge in [0, 0.05) is 12.1 Å². The smallest absolute Gasteiger partial charge is 0.160 e. The van der Waals surface area contributed by atoms with Gasteiger partial charge < -0.3 is 11.1 Å². The fourth-order valence-electron chi connectivity index (χ4n) is 2.78. The molecule has 2 aromatic heterocycles. The number of rotatable bonds is 4. The number of anilines is 2. The summed E-state index contributed by atoms with van der Waals surface area (Å²) >= 11 is 0. The minimum atomic E-state index is 0.464. The molecule has 0 fully saturated rings. The van der Waals surface area contributed by atoms with E-state index in [4.69, 9.17) is 5.73 Å². The third-order valence-corrected chi connectivity index (χ3v) is 3.96. The van der Waals surface area contributed by atoms with Crippen molar-refractivity contribution in [3.63, 3.8) is 0 Å². The van der Waals surface area contributed by atoms with Crippen molar-refractivity contribution in [2.75, 3.05) is 11.1 Å². The van der Waals surface area contributed by atoms with Gasteiger partial charge in [0.25, 0.3) is 0 Å². The second-order valence-electron chi connectivity index (χ2n) is 5.59. The predicted octanol–water partition coefficient (Wildman–Crippen LogP) is 3.82. The summed E-state index contributed by atoms with van der Waals surface area (Å²) in [5.74, 6) is 1.25. The summed E-state index contributed by atoms with van der Waals surface area (Å²) in [5, 5.41) is 11.2. The molecule has 2 aromatic carbocycles. The number of nitrogens with two attached hydrogens (primary N) is 1. The molecule has 0 aliphatic heterocycles. The van der Waals surface area contributed by atoms with E-state index in [1.54, 1.807) is 0 Å². The lowest BCUT2D eigenvalue weighted by atomic mass is 10.0. The summed E-state index contributed by atoms with van der Waals surface area (Å²) < 4.78 is 0. The number of fused-ring (bicyclic) bond motifs is 1. The number of aromatic amines is 1. The molecule has 4 N–H and O–H groups in total. The molecule has 0 aliphatic carbocycles. The van der Waals surface area contributed by atoms with Crippen molar-refractivity contribution in [3.8, 4) is 11.1 Å². The maximum absolute atomic E-state index is 6.03. The molecule has 0 unspecified atom stereocenters. The zero-order valence-corrected chi connectivity index (χ0v) is 13.0. The standard InChI is InChI=1S/C19H17N5/c20-18-17-15(14-9-5-2-6-10-14)11-16(22-19(17)24-23-18)21-12-13-7-3-1-4-8-13/h1-11H,12H2,(H4,20,21,22,23,24). The van der Waals surface area contributed by atoms with E-state index < -0.39 is 0 Å². The molecule has 4 rings (SSSR count). The first-order chi connectivity index (χ1) is 11.8. The Balaban J connectivity index is 1.75. The highest BCUT2D eigenvalue weighted by Gasteiger charge is 2.13. The van der Waals surface area contributed by atoms with Crippen LogP contribution in [0.3, 0.4) is 0 Å². The molecule has 5 heteroatoms. The summed E-state index contributed by atoms with van der Waals surface area (Å²) in [4.78, 5) is 4.59. The van der Waals surface area contributed by atoms with Crippen LogP contribution >= 0.6 is 0 Å². The van der Waals surface area contributed by atoms with E-state index in [0.717, 1.165) is 22.3 Å². The quantitative estimate of drug-likeness (QED) is 0.535. The van der Waals surface area contributed by atoms with Gasteiger partial charge in [-0.2, -0.15) is 5.10 Å². The maximum Gasteiger partial charge on any atom is 0.160 e. The van der Waals surface area contributed by atoms with Crippen molar-refractivity contribution in [2.24, 2.45) is 0 Å². The molecule has 118 valence electrons. The fourth-order valence-corrected chi connectivity index (χ4v) is 2.78. The van der Waals surface area contributed by atoms with Crippen molar-refractivity contribution in [1.29, 1.82) is 0 Å². The van der Waals surface area contributed by atoms with Gasteiger partial charge in [-0.25, -0.2) is 4.98 Å². The van der Waals surface area contributed by atoms with Crippen molar-refractivity contribution < 1.29 is 0 Å². The second-order valence-corrected chi connectivity index (χ2v) is 5.59. The molecule has 5 nitrogen and oxygen atoms in total. The molecule has 2 heterocycles. The van der Waals surface area contributed by atoms with E-state index in [2.05, 4.69) is 44.8 Å². The molecule has 0 amide bonds.